The fourth-order valence-corrected chi connectivity index (χ4v) is 5.07. The van der Waals surface area contributed by atoms with E-state index in [0.29, 0.717) is 24.2 Å². The van der Waals surface area contributed by atoms with E-state index in [4.69, 9.17) is 4.98 Å². The molecule has 180 valence electrons. The van der Waals surface area contributed by atoms with Crippen molar-refractivity contribution < 1.29 is 18.0 Å². The number of halogens is 3. The van der Waals surface area contributed by atoms with Crippen molar-refractivity contribution in [3.8, 4) is 11.3 Å². The lowest BCUT2D eigenvalue weighted by molar-refractivity contribution is -0.133. The molecule has 3 atom stereocenters. The smallest absolute Gasteiger partial charge is 0.318 e. The number of nitrogens with one attached hydrogen (secondary N) is 2. The molecule has 34 heavy (non-hydrogen) atoms. The Bertz CT molecular complexity index is 1180. The zero-order chi connectivity index (χ0) is 23.9. The largest absolute Gasteiger partial charge is 0.390 e. The molecular weight excluding hydrogens is 447 g/mol. The number of pyridine rings is 2. The molecule has 0 saturated carbocycles. The van der Waals surface area contributed by atoms with Crippen LogP contribution >= 0.6 is 0 Å². The predicted molar refractivity (Wildman–Crippen MR) is 121 cm³/mol. The van der Waals surface area contributed by atoms with Crippen LogP contribution in [0.25, 0.3) is 22.2 Å². The summed E-state index contributed by atoms with van der Waals surface area (Å²) in [6, 6.07) is 5.38. The standard InChI is InChI=1S/C23H26F3N7O/c1-32-13-15(12-29-32)19-5-2-14-11-28-21(10-20(14)30-19)31-22(34)33-17-3-4-18(33)9-16(8-17)27-7-6-23(24,25)26/h2,5,10-13,16-18,27H,3-4,6-9H2,1H3,(H,28,31,34)/t16-,17-,18+. The number of carbonyl (C=O) groups excluding carboxylic acids is 1. The summed E-state index contributed by atoms with van der Waals surface area (Å²) in [5.74, 6) is 0.415. The predicted octanol–water partition coefficient (Wildman–Crippen LogP) is 4.10. The summed E-state index contributed by atoms with van der Waals surface area (Å²) in [6.45, 7) is -0.0884. The van der Waals surface area contributed by atoms with Gasteiger partial charge in [0.05, 0.1) is 23.8 Å². The molecule has 5 heterocycles. The van der Waals surface area contributed by atoms with Gasteiger partial charge in [0.25, 0.3) is 0 Å². The number of hydrogen-bond donors (Lipinski definition) is 2. The number of amides is 2. The molecule has 2 N–H and O–H groups in total. The second-order valence-corrected chi connectivity index (χ2v) is 9.07. The molecule has 2 saturated heterocycles. The molecule has 0 aliphatic carbocycles. The Kier molecular flexibility index (Phi) is 5.88. The van der Waals surface area contributed by atoms with Crippen LogP contribution in [0.5, 0.6) is 0 Å². The highest BCUT2D eigenvalue weighted by atomic mass is 19.4. The lowest BCUT2D eigenvalue weighted by Crippen LogP contribution is -2.53. The maximum Gasteiger partial charge on any atom is 0.390 e. The third-order valence-electron chi connectivity index (χ3n) is 6.62. The van der Waals surface area contributed by atoms with Crippen LogP contribution in [0.4, 0.5) is 23.8 Å². The number of fused-ring (bicyclic) bond motifs is 3. The van der Waals surface area contributed by atoms with Crippen LogP contribution in [0.2, 0.25) is 0 Å². The highest BCUT2D eigenvalue weighted by Crippen LogP contribution is 2.36. The van der Waals surface area contributed by atoms with E-state index >= 15 is 0 Å². The first-order valence-corrected chi connectivity index (χ1v) is 11.4. The molecule has 5 rings (SSSR count). The number of nitrogens with zero attached hydrogens (tertiary/aromatic N) is 5. The molecule has 0 aromatic carbocycles. The molecule has 2 aliphatic rings. The van der Waals surface area contributed by atoms with Crippen LogP contribution in [0.15, 0.2) is 36.8 Å². The van der Waals surface area contributed by atoms with E-state index in [1.807, 2.05) is 30.3 Å². The minimum Gasteiger partial charge on any atom is -0.318 e. The Morgan fingerprint density at radius 3 is 2.62 bits per heavy atom. The lowest BCUT2D eigenvalue weighted by Gasteiger charge is -2.39. The lowest BCUT2D eigenvalue weighted by atomic mass is 9.97. The van der Waals surface area contributed by atoms with Gasteiger partial charge in [-0.1, -0.05) is 0 Å². The second-order valence-electron chi connectivity index (χ2n) is 9.07. The Morgan fingerprint density at radius 1 is 1.18 bits per heavy atom. The summed E-state index contributed by atoms with van der Waals surface area (Å²) >= 11 is 0. The first-order chi connectivity index (χ1) is 16.2. The summed E-state index contributed by atoms with van der Waals surface area (Å²) in [5, 5.41) is 11.0. The fraction of sp³-hybridized carbons (Fsp3) is 0.478. The van der Waals surface area contributed by atoms with Gasteiger partial charge in [0, 0.05) is 61.1 Å². The minimum absolute atomic E-state index is 0.00205. The molecule has 2 amide bonds. The van der Waals surface area contributed by atoms with Crippen LogP contribution in [0, 0.1) is 0 Å². The topological polar surface area (TPSA) is 88.0 Å². The van der Waals surface area contributed by atoms with Crippen LogP contribution in [-0.4, -0.2) is 61.5 Å². The summed E-state index contributed by atoms with van der Waals surface area (Å²) < 4.78 is 39.0. The number of anilines is 1. The van der Waals surface area contributed by atoms with Crippen molar-refractivity contribution >= 4 is 22.8 Å². The summed E-state index contributed by atoms with van der Waals surface area (Å²) in [4.78, 5) is 24.0. The van der Waals surface area contributed by atoms with Crippen molar-refractivity contribution in [2.24, 2.45) is 7.05 Å². The molecule has 0 unspecified atom stereocenters. The zero-order valence-corrected chi connectivity index (χ0v) is 18.7. The first-order valence-electron chi connectivity index (χ1n) is 11.4. The van der Waals surface area contributed by atoms with Crippen molar-refractivity contribution in [1.29, 1.82) is 0 Å². The molecule has 11 heteroatoms. The molecule has 8 nitrogen and oxygen atoms in total. The van der Waals surface area contributed by atoms with Crippen molar-refractivity contribution in [3.05, 3.63) is 36.8 Å². The van der Waals surface area contributed by atoms with Crippen molar-refractivity contribution in [3.63, 3.8) is 0 Å². The van der Waals surface area contributed by atoms with Gasteiger partial charge in [0.15, 0.2) is 0 Å². The molecule has 2 fully saturated rings. The first kappa shape index (κ1) is 22.6. The van der Waals surface area contributed by atoms with Gasteiger partial charge in [-0.2, -0.15) is 18.3 Å². The number of piperidine rings is 1. The van der Waals surface area contributed by atoms with E-state index in [9.17, 15) is 18.0 Å². The van der Waals surface area contributed by atoms with Gasteiger partial charge in [-0.15, -0.1) is 0 Å². The van der Waals surface area contributed by atoms with Crippen molar-refractivity contribution in [2.75, 3.05) is 11.9 Å². The SMILES string of the molecule is Cn1cc(-c2ccc3cnc(NC(=O)N4[C@@H]5CC[C@H]4C[C@H](NCCC(F)(F)F)C5)cc3n2)cn1. The van der Waals surface area contributed by atoms with Crippen molar-refractivity contribution in [2.45, 2.75) is 56.4 Å². The molecular formula is C23H26F3N7O. The van der Waals surface area contributed by atoms with E-state index in [1.54, 1.807) is 23.1 Å². The Balaban J connectivity index is 1.25. The molecule has 2 aliphatic heterocycles. The van der Waals surface area contributed by atoms with Crippen LogP contribution in [0.1, 0.15) is 32.1 Å². The van der Waals surface area contributed by atoms with Crippen LogP contribution < -0.4 is 10.6 Å². The summed E-state index contributed by atoms with van der Waals surface area (Å²) in [6.07, 6.45) is 3.33. The van der Waals surface area contributed by atoms with Gasteiger partial charge in [-0.3, -0.25) is 10.00 Å². The monoisotopic (exact) mass is 473 g/mol. The quantitative estimate of drug-likeness (QED) is 0.583. The second kappa shape index (κ2) is 8.86. The van der Waals surface area contributed by atoms with Gasteiger partial charge < -0.3 is 10.2 Å². The average Bonchev–Trinajstić information content (AvgIpc) is 3.33. The maximum absolute atomic E-state index is 13.1. The van der Waals surface area contributed by atoms with Gasteiger partial charge in [-0.25, -0.2) is 14.8 Å². The number of hydrogen-bond acceptors (Lipinski definition) is 5. The van der Waals surface area contributed by atoms with E-state index in [2.05, 4.69) is 20.7 Å². The minimum atomic E-state index is -4.16. The number of aromatic nitrogens is 4. The summed E-state index contributed by atoms with van der Waals surface area (Å²) in [7, 11) is 1.84. The van der Waals surface area contributed by atoms with E-state index in [1.165, 1.54) is 0 Å². The molecule has 3 aromatic rings. The number of aryl methyl sites for hydroxylation is 1. The van der Waals surface area contributed by atoms with E-state index in [0.717, 1.165) is 29.5 Å². The normalized spacial score (nSPS) is 22.4. The number of carbonyl (C=O) groups is 1. The highest BCUT2D eigenvalue weighted by Gasteiger charge is 2.43. The fourth-order valence-electron chi connectivity index (χ4n) is 5.07. The maximum atomic E-state index is 13.1. The highest BCUT2D eigenvalue weighted by molar-refractivity contribution is 5.91. The zero-order valence-electron chi connectivity index (χ0n) is 18.7. The number of rotatable bonds is 5. The summed E-state index contributed by atoms with van der Waals surface area (Å²) in [5.41, 5.74) is 2.39. The molecule has 0 radical (unpaired) electrons. The number of alkyl halides is 3. The average molecular weight is 474 g/mol. The Morgan fingerprint density at radius 2 is 1.94 bits per heavy atom. The molecule has 3 aromatic heterocycles. The Hall–Kier alpha value is -3.21. The van der Waals surface area contributed by atoms with E-state index < -0.39 is 12.6 Å². The van der Waals surface area contributed by atoms with Gasteiger partial charge in [0.2, 0.25) is 0 Å². The number of urea groups is 1. The third-order valence-corrected chi connectivity index (χ3v) is 6.62. The van der Waals surface area contributed by atoms with Crippen LogP contribution in [0.3, 0.4) is 0 Å². The molecule has 0 spiro atoms. The third kappa shape index (κ3) is 4.84. The van der Waals surface area contributed by atoms with Gasteiger partial charge in [0.1, 0.15) is 5.82 Å². The van der Waals surface area contributed by atoms with Crippen molar-refractivity contribution in [1.82, 2.24) is 30.0 Å². The van der Waals surface area contributed by atoms with E-state index in [-0.39, 0.29) is 30.7 Å². The molecule has 2 bridgehead atoms. The van der Waals surface area contributed by atoms with Gasteiger partial charge in [-0.05, 0) is 37.8 Å². The van der Waals surface area contributed by atoms with Crippen LogP contribution in [-0.2, 0) is 7.05 Å². The Labute approximate surface area is 194 Å². The van der Waals surface area contributed by atoms with Gasteiger partial charge >= 0.3 is 12.2 Å².